The van der Waals surface area contributed by atoms with Crippen LogP contribution < -0.4 is 25.6 Å². The zero-order valence-electron chi connectivity index (χ0n) is 14.2. The average Bonchev–Trinajstić information content (AvgIpc) is 2.67. The molecule has 2 aromatic carbocycles. The Hall–Kier alpha value is -3.62. The lowest BCUT2D eigenvalue weighted by Crippen LogP contribution is -2.47. The molecule has 1 heterocycles. The third-order valence-corrected chi connectivity index (χ3v) is 3.67. The molecule has 3 rings (SSSR count). The first-order chi connectivity index (χ1) is 12.9. The van der Waals surface area contributed by atoms with Crippen LogP contribution in [0.15, 0.2) is 42.5 Å². The Balaban J connectivity index is 1.54. The summed E-state index contributed by atoms with van der Waals surface area (Å²) in [7, 11) is 0. The first-order valence-corrected chi connectivity index (χ1v) is 8.01. The van der Waals surface area contributed by atoms with Gasteiger partial charge in [0.15, 0.2) is 12.7 Å². The van der Waals surface area contributed by atoms with Crippen LogP contribution in [0.4, 0.5) is 10.1 Å². The van der Waals surface area contributed by atoms with Crippen molar-refractivity contribution in [3.63, 3.8) is 0 Å². The number of nitrogens with one attached hydrogen (secondary N) is 3. The second-order valence-corrected chi connectivity index (χ2v) is 5.71. The maximum Gasteiger partial charge on any atom is 0.279 e. The monoisotopic (exact) mass is 373 g/mol. The summed E-state index contributed by atoms with van der Waals surface area (Å²) in [5.41, 5.74) is 5.22. The number of hydrogen-bond acceptors (Lipinski definition) is 5. The lowest BCUT2D eigenvalue weighted by molar-refractivity contribution is -0.128. The molecule has 0 aromatic heterocycles. The number of hydrogen-bond donors (Lipinski definition) is 3. The van der Waals surface area contributed by atoms with Gasteiger partial charge in [0.2, 0.25) is 0 Å². The Kier molecular flexibility index (Phi) is 5.20. The van der Waals surface area contributed by atoms with E-state index in [-0.39, 0.29) is 18.1 Å². The van der Waals surface area contributed by atoms with Gasteiger partial charge in [-0.15, -0.1) is 0 Å². The predicted molar refractivity (Wildman–Crippen MR) is 92.7 cm³/mol. The number of amides is 3. The number of carbonyl (C=O) groups is 3. The fourth-order valence-electron chi connectivity index (χ4n) is 2.28. The van der Waals surface area contributed by atoms with E-state index in [9.17, 15) is 18.8 Å². The fourth-order valence-corrected chi connectivity index (χ4v) is 2.28. The molecule has 3 amide bonds. The van der Waals surface area contributed by atoms with Crippen molar-refractivity contribution in [2.24, 2.45) is 0 Å². The van der Waals surface area contributed by atoms with Gasteiger partial charge in [-0.3, -0.25) is 25.2 Å². The highest BCUT2D eigenvalue weighted by molar-refractivity contribution is 5.99. The van der Waals surface area contributed by atoms with E-state index in [1.807, 2.05) is 0 Å². The Bertz CT molecular complexity index is 885. The van der Waals surface area contributed by atoms with Crippen LogP contribution in [0.1, 0.15) is 17.3 Å². The van der Waals surface area contributed by atoms with Crippen molar-refractivity contribution >= 4 is 23.4 Å². The maximum atomic E-state index is 12.9. The van der Waals surface area contributed by atoms with Crippen molar-refractivity contribution < 1.29 is 28.2 Å². The molecule has 9 heteroatoms. The highest BCUT2D eigenvalue weighted by atomic mass is 19.1. The lowest BCUT2D eigenvalue weighted by Gasteiger charge is -2.18. The largest absolute Gasteiger partial charge is 0.482 e. The Morgan fingerprint density at radius 2 is 1.93 bits per heavy atom. The van der Waals surface area contributed by atoms with Crippen LogP contribution in [-0.2, 0) is 9.59 Å². The molecular formula is C18H16FN3O5. The van der Waals surface area contributed by atoms with Gasteiger partial charge in [-0.05, 0) is 49.4 Å². The molecule has 2 aromatic rings. The van der Waals surface area contributed by atoms with Crippen molar-refractivity contribution in [2.45, 2.75) is 13.0 Å². The van der Waals surface area contributed by atoms with Crippen LogP contribution >= 0.6 is 0 Å². The van der Waals surface area contributed by atoms with Gasteiger partial charge in [0.05, 0.1) is 5.69 Å². The van der Waals surface area contributed by atoms with E-state index < -0.39 is 23.7 Å². The molecule has 0 saturated carbocycles. The lowest BCUT2D eigenvalue weighted by atomic mass is 10.1. The zero-order chi connectivity index (χ0) is 19.4. The second kappa shape index (κ2) is 7.73. The van der Waals surface area contributed by atoms with E-state index in [1.54, 1.807) is 0 Å². The number of fused-ring (bicyclic) bond motifs is 1. The Labute approximate surface area is 153 Å². The van der Waals surface area contributed by atoms with Crippen molar-refractivity contribution in [1.29, 1.82) is 0 Å². The molecule has 0 fully saturated rings. The van der Waals surface area contributed by atoms with Gasteiger partial charge in [0, 0.05) is 5.56 Å². The van der Waals surface area contributed by atoms with Gasteiger partial charge in [-0.25, -0.2) is 4.39 Å². The fraction of sp³-hybridized carbons (Fsp3) is 0.167. The predicted octanol–water partition coefficient (Wildman–Crippen LogP) is 1.39. The van der Waals surface area contributed by atoms with E-state index in [4.69, 9.17) is 9.47 Å². The molecule has 0 unspecified atom stereocenters. The first-order valence-electron chi connectivity index (χ1n) is 8.01. The molecule has 0 aliphatic carbocycles. The van der Waals surface area contributed by atoms with Gasteiger partial charge in [-0.2, -0.15) is 0 Å². The second-order valence-electron chi connectivity index (χ2n) is 5.71. The third kappa shape index (κ3) is 4.51. The summed E-state index contributed by atoms with van der Waals surface area (Å²) in [5, 5.41) is 2.61. The summed E-state index contributed by atoms with van der Waals surface area (Å²) in [5.74, 6) is -1.17. The molecular weight excluding hydrogens is 357 g/mol. The van der Waals surface area contributed by atoms with E-state index >= 15 is 0 Å². The summed E-state index contributed by atoms with van der Waals surface area (Å²) in [6.45, 7) is 1.35. The Morgan fingerprint density at radius 3 is 2.67 bits per heavy atom. The van der Waals surface area contributed by atoms with Crippen molar-refractivity contribution in [3.8, 4) is 11.5 Å². The number of carbonyl (C=O) groups excluding carboxylic acids is 3. The molecule has 1 aliphatic rings. The molecule has 3 N–H and O–H groups in total. The quantitative estimate of drug-likeness (QED) is 0.703. The number of anilines is 1. The van der Waals surface area contributed by atoms with E-state index in [1.165, 1.54) is 49.4 Å². The normalized spacial score (nSPS) is 13.5. The minimum Gasteiger partial charge on any atom is -0.482 e. The topological polar surface area (TPSA) is 106 Å². The molecule has 0 spiro atoms. The smallest absolute Gasteiger partial charge is 0.279 e. The SMILES string of the molecule is C[C@@H](Oc1ccc(F)cc1)C(=O)NNC(=O)c1ccc2c(c1)OCC(=O)N2. The molecule has 0 bridgehead atoms. The van der Waals surface area contributed by atoms with Gasteiger partial charge in [-0.1, -0.05) is 0 Å². The summed E-state index contributed by atoms with van der Waals surface area (Å²) in [6.07, 6.45) is -0.919. The molecule has 0 saturated heterocycles. The van der Waals surface area contributed by atoms with Crippen LogP contribution in [0.5, 0.6) is 11.5 Å². The van der Waals surface area contributed by atoms with Crippen LogP contribution in [0.2, 0.25) is 0 Å². The van der Waals surface area contributed by atoms with Crippen molar-refractivity contribution in [3.05, 3.63) is 53.8 Å². The summed E-state index contributed by atoms with van der Waals surface area (Å²) in [6, 6.07) is 9.67. The number of rotatable bonds is 4. The number of halogens is 1. The van der Waals surface area contributed by atoms with E-state index in [0.717, 1.165) is 0 Å². The molecule has 27 heavy (non-hydrogen) atoms. The van der Waals surface area contributed by atoms with Crippen molar-refractivity contribution in [2.75, 3.05) is 11.9 Å². The Morgan fingerprint density at radius 1 is 1.19 bits per heavy atom. The number of benzene rings is 2. The number of hydrazine groups is 1. The molecule has 8 nitrogen and oxygen atoms in total. The highest BCUT2D eigenvalue weighted by Gasteiger charge is 2.19. The summed E-state index contributed by atoms with van der Waals surface area (Å²) < 4.78 is 23.5. The average molecular weight is 373 g/mol. The number of ether oxygens (including phenoxy) is 2. The van der Waals surface area contributed by atoms with E-state index in [2.05, 4.69) is 16.2 Å². The maximum absolute atomic E-state index is 12.9. The summed E-state index contributed by atoms with van der Waals surface area (Å²) >= 11 is 0. The first kappa shape index (κ1) is 18.2. The minimum atomic E-state index is -0.919. The minimum absolute atomic E-state index is 0.132. The van der Waals surface area contributed by atoms with Crippen LogP contribution in [0.25, 0.3) is 0 Å². The van der Waals surface area contributed by atoms with Gasteiger partial charge < -0.3 is 14.8 Å². The molecule has 140 valence electrons. The van der Waals surface area contributed by atoms with Gasteiger partial charge >= 0.3 is 0 Å². The van der Waals surface area contributed by atoms with Gasteiger partial charge in [0.25, 0.3) is 17.7 Å². The standard InChI is InChI=1S/C18H16FN3O5/c1-10(27-13-5-3-12(19)4-6-13)17(24)21-22-18(25)11-2-7-14-15(8-11)26-9-16(23)20-14/h2-8,10H,9H2,1H3,(H,20,23)(H,21,24)(H,22,25)/t10-/m1/s1. The van der Waals surface area contributed by atoms with E-state index in [0.29, 0.717) is 17.2 Å². The van der Waals surface area contributed by atoms with Crippen LogP contribution in [0.3, 0.4) is 0 Å². The summed E-state index contributed by atoms with van der Waals surface area (Å²) in [4.78, 5) is 35.4. The van der Waals surface area contributed by atoms with Crippen LogP contribution in [0, 0.1) is 5.82 Å². The highest BCUT2D eigenvalue weighted by Crippen LogP contribution is 2.28. The molecule has 1 aliphatic heterocycles. The molecule has 0 radical (unpaired) electrons. The van der Waals surface area contributed by atoms with Crippen LogP contribution in [-0.4, -0.2) is 30.4 Å². The zero-order valence-corrected chi connectivity index (χ0v) is 14.2. The molecule has 1 atom stereocenters. The van der Waals surface area contributed by atoms with Crippen molar-refractivity contribution in [1.82, 2.24) is 10.9 Å². The third-order valence-electron chi connectivity index (χ3n) is 3.67. The van der Waals surface area contributed by atoms with Gasteiger partial charge in [0.1, 0.15) is 17.3 Å².